The maximum Gasteiger partial charge on any atom is 0.278 e. The number of pyridine rings is 2. The number of nitrogens with one attached hydrogen (secondary N) is 1. The maximum absolute atomic E-state index is 12.6. The number of rotatable bonds is 3. The SMILES string of the molecule is N#Cc1cc(NC2O[C@H](CO)[C@@H](O)[C@H](O)[C@H]2O)c(=O)n2ccccc12. The Morgan fingerprint density at radius 1 is 1.24 bits per heavy atom. The predicted molar refractivity (Wildman–Crippen MR) is 85.8 cm³/mol. The molecule has 2 aromatic rings. The zero-order chi connectivity index (χ0) is 18.1. The number of aromatic nitrogens is 1. The molecule has 0 radical (unpaired) electrons. The highest BCUT2D eigenvalue weighted by Crippen LogP contribution is 2.22. The van der Waals surface area contributed by atoms with Gasteiger partial charge in [-0.05, 0) is 18.2 Å². The average Bonchev–Trinajstić information content (AvgIpc) is 2.64. The first kappa shape index (κ1) is 17.3. The van der Waals surface area contributed by atoms with E-state index >= 15 is 0 Å². The highest BCUT2D eigenvalue weighted by Gasteiger charge is 2.43. The third kappa shape index (κ3) is 2.97. The Morgan fingerprint density at radius 3 is 2.68 bits per heavy atom. The largest absolute Gasteiger partial charge is 0.394 e. The molecular formula is C16H17N3O6. The second kappa shape index (κ2) is 6.79. The van der Waals surface area contributed by atoms with E-state index in [9.17, 15) is 30.5 Å². The molecule has 1 aliphatic heterocycles. The van der Waals surface area contributed by atoms with Gasteiger partial charge in [-0.15, -0.1) is 0 Å². The van der Waals surface area contributed by atoms with E-state index in [1.165, 1.54) is 16.7 Å². The molecule has 2 aromatic heterocycles. The molecule has 0 saturated carbocycles. The summed E-state index contributed by atoms with van der Waals surface area (Å²) in [6.07, 6.45) is -5.46. The van der Waals surface area contributed by atoms with Gasteiger partial charge in [-0.3, -0.25) is 9.20 Å². The molecule has 0 aliphatic carbocycles. The van der Waals surface area contributed by atoms with Gasteiger partial charge in [-0.25, -0.2) is 0 Å². The van der Waals surface area contributed by atoms with Gasteiger partial charge < -0.3 is 30.5 Å². The van der Waals surface area contributed by atoms with Crippen LogP contribution >= 0.6 is 0 Å². The molecule has 9 nitrogen and oxygen atoms in total. The number of aliphatic hydroxyl groups excluding tert-OH is 4. The minimum Gasteiger partial charge on any atom is -0.394 e. The molecule has 5 atom stereocenters. The van der Waals surface area contributed by atoms with E-state index in [1.54, 1.807) is 18.2 Å². The maximum atomic E-state index is 12.6. The summed E-state index contributed by atoms with van der Waals surface area (Å²) in [5.74, 6) is 0. The molecule has 1 fully saturated rings. The fourth-order valence-electron chi connectivity index (χ4n) is 2.82. The molecule has 1 saturated heterocycles. The van der Waals surface area contributed by atoms with Crippen molar-refractivity contribution in [2.75, 3.05) is 11.9 Å². The molecular weight excluding hydrogens is 330 g/mol. The second-order valence-electron chi connectivity index (χ2n) is 5.74. The number of aliphatic hydroxyl groups is 4. The van der Waals surface area contributed by atoms with Gasteiger partial charge in [0.2, 0.25) is 0 Å². The van der Waals surface area contributed by atoms with Crippen LogP contribution < -0.4 is 10.9 Å². The Kier molecular flexibility index (Phi) is 4.71. The summed E-state index contributed by atoms with van der Waals surface area (Å²) in [6, 6.07) is 8.26. The van der Waals surface area contributed by atoms with Crippen molar-refractivity contribution < 1.29 is 25.2 Å². The summed E-state index contributed by atoms with van der Waals surface area (Å²) in [7, 11) is 0. The summed E-state index contributed by atoms with van der Waals surface area (Å²) in [6.45, 7) is -0.580. The van der Waals surface area contributed by atoms with Crippen LogP contribution in [0, 0.1) is 11.3 Å². The zero-order valence-electron chi connectivity index (χ0n) is 13.0. The van der Waals surface area contributed by atoms with E-state index in [0.29, 0.717) is 5.52 Å². The van der Waals surface area contributed by atoms with Crippen molar-refractivity contribution in [3.05, 3.63) is 46.4 Å². The van der Waals surface area contributed by atoms with E-state index in [4.69, 9.17) is 4.74 Å². The molecule has 3 rings (SSSR count). The van der Waals surface area contributed by atoms with Crippen LogP contribution in [0.15, 0.2) is 35.3 Å². The molecule has 132 valence electrons. The first-order valence-corrected chi connectivity index (χ1v) is 7.59. The lowest BCUT2D eigenvalue weighted by molar-refractivity contribution is -0.221. The van der Waals surface area contributed by atoms with E-state index in [2.05, 4.69) is 5.32 Å². The van der Waals surface area contributed by atoms with E-state index in [1.807, 2.05) is 6.07 Å². The number of hydrogen-bond acceptors (Lipinski definition) is 8. The average molecular weight is 347 g/mol. The van der Waals surface area contributed by atoms with Gasteiger partial charge in [0.05, 0.1) is 17.7 Å². The predicted octanol–water partition coefficient (Wildman–Crippen LogP) is -1.62. The van der Waals surface area contributed by atoms with Gasteiger partial charge in [0.1, 0.15) is 36.2 Å². The van der Waals surface area contributed by atoms with E-state index in [-0.39, 0.29) is 11.3 Å². The van der Waals surface area contributed by atoms with Gasteiger partial charge >= 0.3 is 0 Å². The summed E-state index contributed by atoms with van der Waals surface area (Å²) in [5.41, 5.74) is 0.151. The van der Waals surface area contributed by atoms with Crippen molar-refractivity contribution in [3.63, 3.8) is 0 Å². The van der Waals surface area contributed by atoms with Gasteiger partial charge in [-0.1, -0.05) is 6.07 Å². The van der Waals surface area contributed by atoms with Crippen molar-refractivity contribution in [2.45, 2.75) is 30.6 Å². The lowest BCUT2D eigenvalue weighted by atomic mass is 9.98. The van der Waals surface area contributed by atoms with Crippen LogP contribution in [0.3, 0.4) is 0 Å². The lowest BCUT2D eigenvalue weighted by Crippen LogP contribution is -2.60. The molecule has 0 bridgehead atoms. The van der Waals surface area contributed by atoms with Gasteiger partial charge in [0.15, 0.2) is 6.23 Å². The Balaban J connectivity index is 1.99. The van der Waals surface area contributed by atoms with Crippen LogP contribution in [0.2, 0.25) is 0 Å². The molecule has 0 amide bonds. The fraction of sp³-hybridized carbons (Fsp3) is 0.375. The standard InChI is InChI=1S/C16H17N3O6/c17-6-8-5-9(16(24)19-4-2-1-3-10(8)19)18-15-14(23)13(22)12(21)11(7-20)25-15/h1-5,11-15,18,20-23H,7H2/t11-,12-,13+,14-,15?/m1/s1. The summed E-state index contributed by atoms with van der Waals surface area (Å²) in [5, 5.41) is 50.8. The minimum absolute atomic E-state index is 0.0235. The van der Waals surface area contributed by atoms with Crippen LogP contribution in [0.5, 0.6) is 0 Å². The highest BCUT2D eigenvalue weighted by atomic mass is 16.6. The van der Waals surface area contributed by atoms with Crippen LogP contribution in [-0.2, 0) is 4.74 Å². The van der Waals surface area contributed by atoms with Gasteiger partial charge in [0, 0.05) is 6.20 Å². The number of ether oxygens (including phenoxy) is 1. The normalized spacial score (nSPS) is 29.3. The first-order chi connectivity index (χ1) is 12.0. The Labute approximate surface area is 142 Å². The Bertz CT molecular complexity index is 874. The molecule has 1 aliphatic rings. The fourth-order valence-corrected chi connectivity index (χ4v) is 2.82. The molecule has 9 heteroatoms. The molecule has 25 heavy (non-hydrogen) atoms. The number of fused-ring (bicyclic) bond motifs is 1. The van der Waals surface area contributed by atoms with Crippen molar-refractivity contribution in [2.24, 2.45) is 0 Å². The molecule has 0 spiro atoms. The van der Waals surface area contributed by atoms with Crippen LogP contribution in [-0.4, -0.2) is 62.1 Å². The highest BCUT2D eigenvalue weighted by molar-refractivity contribution is 5.65. The Morgan fingerprint density at radius 2 is 2.00 bits per heavy atom. The number of nitrogens with zero attached hydrogens (tertiary/aromatic N) is 2. The van der Waals surface area contributed by atoms with Gasteiger partial charge in [0.25, 0.3) is 5.56 Å². The van der Waals surface area contributed by atoms with E-state index in [0.717, 1.165) is 0 Å². The van der Waals surface area contributed by atoms with Crippen LogP contribution in [0.25, 0.3) is 5.52 Å². The molecule has 5 N–H and O–H groups in total. The molecule has 3 heterocycles. The van der Waals surface area contributed by atoms with Crippen LogP contribution in [0.4, 0.5) is 5.69 Å². The first-order valence-electron chi connectivity index (χ1n) is 7.59. The third-order valence-corrected chi connectivity index (χ3v) is 4.18. The smallest absolute Gasteiger partial charge is 0.278 e. The van der Waals surface area contributed by atoms with E-state index < -0.39 is 42.8 Å². The third-order valence-electron chi connectivity index (χ3n) is 4.18. The second-order valence-corrected chi connectivity index (χ2v) is 5.74. The van der Waals surface area contributed by atoms with Crippen molar-refractivity contribution in [1.82, 2.24) is 4.40 Å². The van der Waals surface area contributed by atoms with Crippen molar-refractivity contribution in [1.29, 1.82) is 5.26 Å². The molecule has 1 unspecified atom stereocenters. The number of anilines is 1. The minimum atomic E-state index is -1.57. The Hall–Kier alpha value is -2.48. The number of hydrogen-bond donors (Lipinski definition) is 5. The van der Waals surface area contributed by atoms with Crippen molar-refractivity contribution >= 4 is 11.2 Å². The summed E-state index contributed by atoms with van der Waals surface area (Å²) < 4.78 is 6.59. The number of nitriles is 1. The van der Waals surface area contributed by atoms with Crippen LogP contribution in [0.1, 0.15) is 5.56 Å². The monoisotopic (exact) mass is 347 g/mol. The summed E-state index contributed by atoms with van der Waals surface area (Å²) in [4.78, 5) is 12.6. The van der Waals surface area contributed by atoms with Crippen molar-refractivity contribution in [3.8, 4) is 6.07 Å². The lowest BCUT2D eigenvalue weighted by Gasteiger charge is -2.40. The topological polar surface area (TPSA) is 147 Å². The molecule has 0 aromatic carbocycles. The quantitative estimate of drug-likeness (QED) is 0.445. The zero-order valence-corrected chi connectivity index (χ0v) is 13.0. The van der Waals surface area contributed by atoms with Gasteiger partial charge in [-0.2, -0.15) is 5.26 Å². The summed E-state index contributed by atoms with van der Waals surface area (Å²) >= 11 is 0.